The van der Waals surface area contributed by atoms with Gasteiger partial charge in [-0.1, -0.05) is 28.1 Å². The smallest absolute Gasteiger partial charge is 0.163 e. The minimum atomic E-state index is 0.250. The van der Waals surface area contributed by atoms with Crippen LogP contribution in [-0.2, 0) is 12.8 Å². The number of hydrogen-bond acceptors (Lipinski definition) is 1. The van der Waals surface area contributed by atoms with Crippen molar-refractivity contribution >= 4 is 21.7 Å². The maximum atomic E-state index is 11.7. The molecule has 0 radical (unpaired) electrons. The van der Waals surface area contributed by atoms with Crippen molar-refractivity contribution in [3.63, 3.8) is 0 Å². The fourth-order valence-corrected chi connectivity index (χ4v) is 2.50. The van der Waals surface area contributed by atoms with Crippen molar-refractivity contribution < 1.29 is 4.79 Å². The topological polar surface area (TPSA) is 17.1 Å². The quantitative estimate of drug-likeness (QED) is 0.604. The van der Waals surface area contributed by atoms with E-state index in [-0.39, 0.29) is 5.78 Å². The number of Topliss-reactive ketones (excluding diaryl/α,β-unsaturated/α-hetero) is 1. The van der Waals surface area contributed by atoms with Crippen LogP contribution in [0, 0.1) is 0 Å². The average Bonchev–Trinajstić information content (AvgIpc) is 2.29. The molecule has 0 atom stereocenters. The molecule has 0 N–H and O–H groups in total. The highest BCUT2D eigenvalue weighted by Crippen LogP contribution is 2.22. The van der Waals surface area contributed by atoms with E-state index >= 15 is 0 Å². The summed E-state index contributed by atoms with van der Waals surface area (Å²) in [6.07, 6.45) is 5.48. The summed E-state index contributed by atoms with van der Waals surface area (Å²) in [5, 5.41) is 0.753. The number of carbonyl (C=O) groups is 1. The van der Waals surface area contributed by atoms with Crippen LogP contribution in [0.4, 0.5) is 0 Å². The normalized spacial score (nSPS) is 14.7. The first-order valence-electron chi connectivity index (χ1n) is 5.52. The molecule has 1 aliphatic carbocycles. The van der Waals surface area contributed by atoms with Crippen LogP contribution in [0.15, 0.2) is 18.2 Å². The zero-order valence-electron chi connectivity index (χ0n) is 8.76. The van der Waals surface area contributed by atoms with E-state index in [1.807, 2.05) is 6.07 Å². The zero-order chi connectivity index (χ0) is 10.7. The highest BCUT2D eigenvalue weighted by Gasteiger charge is 2.12. The Balaban J connectivity index is 2.24. The van der Waals surface area contributed by atoms with Crippen molar-refractivity contribution in [2.45, 2.75) is 32.1 Å². The molecule has 1 aliphatic rings. The third-order valence-corrected chi connectivity index (χ3v) is 3.39. The first-order valence-corrected chi connectivity index (χ1v) is 6.64. The summed E-state index contributed by atoms with van der Waals surface area (Å²) < 4.78 is 0. The molecule has 1 aromatic rings. The van der Waals surface area contributed by atoms with E-state index in [9.17, 15) is 4.79 Å². The number of ketones is 1. The molecule has 0 saturated heterocycles. The predicted octanol–water partition coefficient (Wildman–Crippen LogP) is 3.53. The van der Waals surface area contributed by atoms with Gasteiger partial charge in [-0.3, -0.25) is 4.79 Å². The molecule has 0 aliphatic heterocycles. The lowest BCUT2D eigenvalue weighted by molar-refractivity contribution is 0.0989. The number of hydrogen-bond donors (Lipinski definition) is 0. The van der Waals surface area contributed by atoms with Gasteiger partial charge in [-0.2, -0.15) is 0 Å². The molecule has 0 amide bonds. The SMILES string of the molecule is O=C(CCBr)c1ccc2c(c1)CCCC2. The molecule has 15 heavy (non-hydrogen) atoms. The number of alkyl halides is 1. The van der Waals surface area contributed by atoms with Crippen LogP contribution in [0.2, 0.25) is 0 Å². The van der Waals surface area contributed by atoms with Crippen LogP contribution in [0.1, 0.15) is 40.7 Å². The molecule has 0 unspecified atom stereocenters. The number of halogens is 1. The molecule has 80 valence electrons. The first kappa shape index (κ1) is 10.9. The summed E-state index contributed by atoms with van der Waals surface area (Å²) in [5.41, 5.74) is 3.72. The molecular formula is C13H15BrO. The predicted molar refractivity (Wildman–Crippen MR) is 65.8 cm³/mol. The fourth-order valence-electron chi connectivity index (χ4n) is 2.14. The van der Waals surface area contributed by atoms with Crippen molar-refractivity contribution in [3.05, 3.63) is 34.9 Å². The highest BCUT2D eigenvalue weighted by atomic mass is 79.9. The largest absolute Gasteiger partial charge is 0.294 e. The Morgan fingerprint density at radius 2 is 1.93 bits per heavy atom. The average molecular weight is 267 g/mol. The third kappa shape index (κ3) is 2.49. The van der Waals surface area contributed by atoms with Gasteiger partial charge < -0.3 is 0 Å². The van der Waals surface area contributed by atoms with E-state index in [1.165, 1.54) is 30.4 Å². The van der Waals surface area contributed by atoms with Crippen molar-refractivity contribution in [1.29, 1.82) is 0 Å². The monoisotopic (exact) mass is 266 g/mol. The van der Waals surface area contributed by atoms with Crippen LogP contribution in [-0.4, -0.2) is 11.1 Å². The summed E-state index contributed by atoms with van der Waals surface area (Å²) in [6, 6.07) is 6.21. The number of carbonyl (C=O) groups excluding carboxylic acids is 1. The van der Waals surface area contributed by atoms with Gasteiger partial charge >= 0.3 is 0 Å². The number of aryl methyl sites for hydroxylation is 2. The number of benzene rings is 1. The van der Waals surface area contributed by atoms with Crippen molar-refractivity contribution in [2.24, 2.45) is 0 Å². The highest BCUT2D eigenvalue weighted by molar-refractivity contribution is 9.09. The second kappa shape index (κ2) is 4.93. The van der Waals surface area contributed by atoms with Gasteiger partial charge in [0, 0.05) is 17.3 Å². The lowest BCUT2D eigenvalue weighted by atomic mass is 9.89. The summed E-state index contributed by atoms with van der Waals surface area (Å²) in [7, 11) is 0. The lowest BCUT2D eigenvalue weighted by Gasteiger charge is -2.16. The molecule has 0 spiro atoms. The first-order chi connectivity index (χ1) is 7.31. The van der Waals surface area contributed by atoms with Gasteiger partial charge in [-0.05, 0) is 42.9 Å². The maximum absolute atomic E-state index is 11.7. The van der Waals surface area contributed by atoms with Gasteiger partial charge in [0.1, 0.15) is 0 Å². The van der Waals surface area contributed by atoms with E-state index in [1.54, 1.807) is 0 Å². The number of fused-ring (bicyclic) bond motifs is 1. The van der Waals surface area contributed by atoms with Crippen LogP contribution in [0.3, 0.4) is 0 Å². The second-order valence-corrected chi connectivity index (χ2v) is 4.85. The molecule has 0 fully saturated rings. The Kier molecular flexibility index (Phi) is 3.57. The van der Waals surface area contributed by atoms with Gasteiger partial charge in [0.15, 0.2) is 5.78 Å². The van der Waals surface area contributed by atoms with Crippen LogP contribution in [0.25, 0.3) is 0 Å². The summed E-state index contributed by atoms with van der Waals surface area (Å²) >= 11 is 3.30. The summed E-state index contributed by atoms with van der Waals surface area (Å²) in [5.74, 6) is 0.250. The fraction of sp³-hybridized carbons (Fsp3) is 0.462. The molecular weight excluding hydrogens is 252 g/mol. The molecule has 2 rings (SSSR count). The van der Waals surface area contributed by atoms with Crippen LogP contribution >= 0.6 is 15.9 Å². The Morgan fingerprint density at radius 1 is 1.20 bits per heavy atom. The van der Waals surface area contributed by atoms with Gasteiger partial charge in [0.05, 0.1) is 0 Å². The Labute approximate surface area is 99.0 Å². The van der Waals surface area contributed by atoms with Crippen molar-refractivity contribution in [3.8, 4) is 0 Å². The van der Waals surface area contributed by atoms with Crippen LogP contribution < -0.4 is 0 Å². The number of rotatable bonds is 3. The lowest BCUT2D eigenvalue weighted by Crippen LogP contribution is -2.06. The third-order valence-electron chi connectivity index (χ3n) is 2.99. The van der Waals surface area contributed by atoms with Gasteiger partial charge in [0.25, 0.3) is 0 Å². The molecule has 0 heterocycles. The summed E-state index contributed by atoms with van der Waals surface area (Å²) in [4.78, 5) is 11.7. The Hall–Kier alpha value is -0.630. The second-order valence-electron chi connectivity index (χ2n) is 4.05. The molecule has 0 aromatic heterocycles. The van der Waals surface area contributed by atoms with E-state index in [0.717, 1.165) is 17.3 Å². The zero-order valence-corrected chi connectivity index (χ0v) is 10.3. The molecule has 0 saturated carbocycles. The maximum Gasteiger partial charge on any atom is 0.163 e. The van der Waals surface area contributed by atoms with Crippen LogP contribution in [0.5, 0.6) is 0 Å². The van der Waals surface area contributed by atoms with Crippen molar-refractivity contribution in [2.75, 3.05) is 5.33 Å². The van der Waals surface area contributed by atoms with E-state index in [2.05, 4.69) is 28.1 Å². The van der Waals surface area contributed by atoms with Crippen molar-refractivity contribution in [1.82, 2.24) is 0 Å². The minimum absolute atomic E-state index is 0.250. The standard InChI is InChI=1S/C13H15BrO/c14-8-7-13(15)12-6-5-10-3-1-2-4-11(10)9-12/h5-6,9H,1-4,7-8H2. The molecule has 0 bridgehead atoms. The van der Waals surface area contributed by atoms with E-state index in [0.29, 0.717) is 6.42 Å². The molecule has 1 aromatic carbocycles. The molecule has 2 heteroatoms. The van der Waals surface area contributed by atoms with Gasteiger partial charge in [-0.25, -0.2) is 0 Å². The molecule has 1 nitrogen and oxygen atoms in total. The Bertz CT molecular complexity index is 371. The van der Waals surface area contributed by atoms with E-state index < -0.39 is 0 Å². The minimum Gasteiger partial charge on any atom is -0.294 e. The Morgan fingerprint density at radius 3 is 2.67 bits per heavy atom. The van der Waals surface area contributed by atoms with Gasteiger partial charge in [0.2, 0.25) is 0 Å². The summed E-state index contributed by atoms with van der Waals surface area (Å²) in [6.45, 7) is 0. The van der Waals surface area contributed by atoms with E-state index in [4.69, 9.17) is 0 Å². The van der Waals surface area contributed by atoms with Gasteiger partial charge in [-0.15, -0.1) is 0 Å².